The summed E-state index contributed by atoms with van der Waals surface area (Å²) in [4.78, 5) is 5.99. The lowest BCUT2D eigenvalue weighted by atomic mass is 10.1. The van der Waals surface area contributed by atoms with Gasteiger partial charge in [0.2, 0.25) is 0 Å². The monoisotopic (exact) mass is 258 g/mol. The summed E-state index contributed by atoms with van der Waals surface area (Å²) < 4.78 is 0. The van der Waals surface area contributed by atoms with Crippen LogP contribution in [0.15, 0.2) is 34.4 Å². The number of hydrazone groups is 1. The number of benzene rings is 1. The zero-order valence-corrected chi connectivity index (χ0v) is 11.6. The highest BCUT2D eigenvalue weighted by Gasteiger charge is 2.06. The van der Waals surface area contributed by atoms with Crippen molar-refractivity contribution in [1.29, 1.82) is 5.26 Å². The number of nitrogens with two attached hydrogens (primary N) is 1. The Morgan fingerprint density at radius 2 is 1.74 bits per heavy atom. The number of aliphatic imine (C=N–C) groups is 1. The second kappa shape index (κ2) is 6.40. The van der Waals surface area contributed by atoms with Crippen LogP contribution in [-0.2, 0) is 0 Å². The van der Waals surface area contributed by atoms with Crippen molar-refractivity contribution >= 4 is 11.8 Å². The van der Waals surface area contributed by atoms with Crippen molar-refractivity contribution in [3.8, 4) is 6.07 Å². The predicted octanol–water partition coefficient (Wildman–Crippen LogP) is 0.658. The maximum atomic E-state index is 8.79. The zero-order valence-electron chi connectivity index (χ0n) is 11.6. The molecule has 0 spiro atoms. The maximum absolute atomic E-state index is 8.79. The van der Waals surface area contributed by atoms with E-state index in [1.807, 2.05) is 28.2 Å². The molecule has 0 bridgehead atoms. The van der Waals surface area contributed by atoms with Crippen molar-refractivity contribution < 1.29 is 0 Å². The lowest BCUT2D eigenvalue weighted by molar-refractivity contribution is 0.437. The highest BCUT2D eigenvalue weighted by atomic mass is 15.4. The summed E-state index contributed by atoms with van der Waals surface area (Å²) in [5, 5.41) is 14.7. The highest BCUT2D eigenvalue weighted by molar-refractivity contribution is 6.05. The van der Waals surface area contributed by atoms with E-state index in [4.69, 9.17) is 11.0 Å². The number of rotatable bonds is 2. The molecule has 6 heteroatoms. The van der Waals surface area contributed by atoms with Gasteiger partial charge in [0.05, 0.1) is 11.6 Å². The van der Waals surface area contributed by atoms with Gasteiger partial charge in [0.1, 0.15) is 0 Å². The normalized spacial score (nSPS) is 11.9. The minimum Gasteiger partial charge on any atom is -0.369 e. The Labute approximate surface area is 113 Å². The van der Waals surface area contributed by atoms with E-state index in [0.717, 1.165) is 5.56 Å². The van der Waals surface area contributed by atoms with Gasteiger partial charge in [-0.3, -0.25) is 0 Å². The van der Waals surface area contributed by atoms with Crippen LogP contribution in [0.25, 0.3) is 0 Å². The Morgan fingerprint density at radius 3 is 2.16 bits per heavy atom. The number of guanidine groups is 1. The molecule has 0 fully saturated rings. The molecule has 1 aromatic carbocycles. The van der Waals surface area contributed by atoms with Gasteiger partial charge >= 0.3 is 0 Å². The number of nitrogens with zero attached hydrogens (tertiary/aromatic N) is 5. The summed E-state index contributed by atoms with van der Waals surface area (Å²) in [6, 6.07) is 9.12. The third-order valence-electron chi connectivity index (χ3n) is 2.25. The highest BCUT2D eigenvalue weighted by Crippen LogP contribution is 2.07. The van der Waals surface area contributed by atoms with Crippen LogP contribution < -0.4 is 5.73 Å². The standard InChI is InChI=1S/C13H18N6/c1-18(2)13(15)16-12(17-19(3)4)11-7-5-10(9-14)6-8-11/h5-8H,1-4H3,(H2,15,16,17). The van der Waals surface area contributed by atoms with Crippen LogP contribution in [-0.4, -0.2) is 49.9 Å². The van der Waals surface area contributed by atoms with Crippen molar-refractivity contribution in [2.24, 2.45) is 15.8 Å². The Morgan fingerprint density at radius 1 is 1.16 bits per heavy atom. The molecule has 0 amide bonds. The van der Waals surface area contributed by atoms with Crippen molar-refractivity contribution in [2.75, 3.05) is 28.2 Å². The molecular formula is C13H18N6. The minimum atomic E-state index is 0.366. The van der Waals surface area contributed by atoms with Gasteiger partial charge in [-0.25, -0.2) is 0 Å². The van der Waals surface area contributed by atoms with Crippen LogP contribution in [0.4, 0.5) is 0 Å². The Hall–Kier alpha value is -2.55. The van der Waals surface area contributed by atoms with Crippen LogP contribution in [0.5, 0.6) is 0 Å². The van der Waals surface area contributed by atoms with E-state index in [1.54, 1.807) is 34.2 Å². The smallest absolute Gasteiger partial charge is 0.197 e. The summed E-state index contributed by atoms with van der Waals surface area (Å²) >= 11 is 0. The van der Waals surface area contributed by atoms with Gasteiger partial charge < -0.3 is 15.6 Å². The number of nitriles is 1. The Kier molecular flexibility index (Phi) is 4.89. The zero-order chi connectivity index (χ0) is 14.4. The van der Waals surface area contributed by atoms with E-state index in [1.165, 1.54) is 0 Å². The van der Waals surface area contributed by atoms with Crippen LogP contribution in [0.2, 0.25) is 0 Å². The van der Waals surface area contributed by atoms with Gasteiger partial charge in [0.25, 0.3) is 0 Å². The molecule has 0 aromatic heterocycles. The van der Waals surface area contributed by atoms with Crippen molar-refractivity contribution in [3.05, 3.63) is 35.4 Å². The molecule has 0 unspecified atom stereocenters. The van der Waals surface area contributed by atoms with E-state index in [2.05, 4.69) is 16.2 Å². The third-order valence-corrected chi connectivity index (χ3v) is 2.25. The molecule has 0 saturated heterocycles. The molecule has 0 atom stereocenters. The average Bonchev–Trinajstić information content (AvgIpc) is 2.37. The molecule has 0 saturated carbocycles. The molecule has 0 aliphatic carbocycles. The summed E-state index contributed by atoms with van der Waals surface area (Å²) in [6.07, 6.45) is 0. The van der Waals surface area contributed by atoms with Crippen LogP contribution in [0.3, 0.4) is 0 Å². The van der Waals surface area contributed by atoms with Crippen LogP contribution in [0.1, 0.15) is 11.1 Å². The van der Waals surface area contributed by atoms with Gasteiger partial charge in [0, 0.05) is 33.8 Å². The first kappa shape index (κ1) is 14.5. The van der Waals surface area contributed by atoms with Gasteiger partial charge in [-0.05, 0) is 24.3 Å². The predicted molar refractivity (Wildman–Crippen MR) is 76.7 cm³/mol. The van der Waals surface area contributed by atoms with Crippen LogP contribution >= 0.6 is 0 Å². The molecule has 6 nitrogen and oxygen atoms in total. The summed E-state index contributed by atoms with van der Waals surface area (Å²) in [5.41, 5.74) is 7.21. The quantitative estimate of drug-likeness (QED) is 0.480. The fraction of sp³-hybridized carbons (Fsp3) is 0.308. The van der Waals surface area contributed by atoms with Crippen molar-refractivity contribution in [2.45, 2.75) is 0 Å². The Bertz CT molecular complexity index is 519. The van der Waals surface area contributed by atoms with Crippen molar-refractivity contribution in [3.63, 3.8) is 0 Å². The molecule has 0 radical (unpaired) electrons. The summed E-state index contributed by atoms with van der Waals surface area (Å²) in [7, 11) is 7.24. The molecule has 1 rings (SSSR count). The summed E-state index contributed by atoms with van der Waals surface area (Å²) in [5.74, 6) is 0.866. The third kappa shape index (κ3) is 4.32. The van der Waals surface area contributed by atoms with E-state index in [0.29, 0.717) is 17.4 Å². The van der Waals surface area contributed by atoms with Crippen LogP contribution in [0, 0.1) is 11.3 Å². The number of hydrogen-bond donors (Lipinski definition) is 1. The lowest BCUT2D eigenvalue weighted by Gasteiger charge is -2.13. The molecule has 100 valence electrons. The first-order valence-corrected chi connectivity index (χ1v) is 5.72. The average molecular weight is 258 g/mol. The van der Waals surface area contributed by atoms with Gasteiger partial charge in [-0.1, -0.05) is 0 Å². The molecule has 0 aliphatic rings. The number of amidine groups is 1. The minimum absolute atomic E-state index is 0.366. The SMILES string of the molecule is CN(C)/N=C(/N=C(N)N(C)C)c1ccc(C#N)cc1. The molecular weight excluding hydrogens is 240 g/mol. The molecule has 19 heavy (non-hydrogen) atoms. The molecule has 1 aromatic rings. The van der Waals surface area contributed by atoms with E-state index in [9.17, 15) is 0 Å². The van der Waals surface area contributed by atoms with E-state index < -0.39 is 0 Å². The molecule has 2 N–H and O–H groups in total. The van der Waals surface area contributed by atoms with Gasteiger partial charge in [-0.15, -0.1) is 0 Å². The second-order valence-electron chi connectivity index (χ2n) is 4.32. The fourth-order valence-electron chi connectivity index (χ4n) is 1.24. The van der Waals surface area contributed by atoms with Gasteiger partial charge in [0.15, 0.2) is 11.8 Å². The van der Waals surface area contributed by atoms with E-state index in [-0.39, 0.29) is 0 Å². The molecule has 0 heterocycles. The van der Waals surface area contributed by atoms with Gasteiger partial charge in [-0.2, -0.15) is 15.4 Å². The maximum Gasteiger partial charge on any atom is 0.197 e. The lowest BCUT2D eigenvalue weighted by Crippen LogP contribution is -2.31. The largest absolute Gasteiger partial charge is 0.369 e. The van der Waals surface area contributed by atoms with E-state index >= 15 is 0 Å². The van der Waals surface area contributed by atoms with Crippen molar-refractivity contribution in [1.82, 2.24) is 9.91 Å². The molecule has 0 aliphatic heterocycles. The second-order valence-corrected chi connectivity index (χ2v) is 4.32. The summed E-state index contributed by atoms with van der Waals surface area (Å²) in [6.45, 7) is 0. The fourth-order valence-corrected chi connectivity index (χ4v) is 1.24. The first-order valence-electron chi connectivity index (χ1n) is 5.72. The Balaban J connectivity index is 3.18. The first-order chi connectivity index (χ1) is 8.93. The number of hydrogen-bond acceptors (Lipinski definition) is 3. The topological polar surface area (TPSA) is 81.0 Å².